The zero-order valence-electron chi connectivity index (χ0n) is 16.0. The summed E-state index contributed by atoms with van der Waals surface area (Å²) in [5.74, 6) is 1.79. The van der Waals surface area contributed by atoms with E-state index in [-0.39, 0.29) is 0 Å². The number of halogens is 1. The van der Waals surface area contributed by atoms with Gasteiger partial charge in [0.2, 0.25) is 5.13 Å². The van der Waals surface area contributed by atoms with Crippen molar-refractivity contribution >= 4 is 39.8 Å². The lowest BCUT2D eigenvalue weighted by molar-refractivity contribution is 0.262. The van der Waals surface area contributed by atoms with E-state index in [4.69, 9.17) is 25.8 Å². The Morgan fingerprint density at radius 3 is 2.41 bits per heavy atom. The maximum absolute atomic E-state index is 12.3. The normalized spacial score (nSPS) is 10.3. The topological polar surface area (TPSA) is 94.6 Å². The van der Waals surface area contributed by atoms with Crippen molar-refractivity contribution in [2.24, 2.45) is 0 Å². The molecule has 29 heavy (non-hydrogen) atoms. The monoisotopic (exact) mass is 434 g/mol. The zero-order chi connectivity index (χ0) is 20.8. The van der Waals surface area contributed by atoms with E-state index >= 15 is 0 Å². The number of amides is 2. The number of ether oxygens (including phenoxy) is 3. The SMILES string of the molecule is COc1ccc(Cl)cc1NC(=O)Nc1nnc(Cc2ccc(OC)c(OC)c2)s1. The van der Waals surface area contributed by atoms with Gasteiger partial charge in [0.1, 0.15) is 10.8 Å². The highest BCUT2D eigenvalue weighted by Gasteiger charge is 2.12. The van der Waals surface area contributed by atoms with Gasteiger partial charge in [0.25, 0.3) is 0 Å². The van der Waals surface area contributed by atoms with Crippen LogP contribution in [0.15, 0.2) is 36.4 Å². The van der Waals surface area contributed by atoms with Gasteiger partial charge in [-0.1, -0.05) is 29.0 Å². The lowest BCUT2D eigenvalue weighted by Gasteiger charge is -2.10. The minimum atomic E-state index is -0.473. The summed E-state index contributed by atoms with van der Waals surface area (Å²) in [4.78, 5) is 12.3. The molecule has 0 saturated heterocycles. The molecule has 1 heterocycles. The minimum absolute atomic E-state index is 0.374. The van der Waals surface area contributed by atoms with E-state index in [1.807, 2.05) is 18.2 Å². The summed E-state index contributed by atoms with van der Waals surface area (Å²) in [6.45, 7) is 0. The Kier molecular flexibility index (Phi) is 6.73. The molecule has 0 aliphatic rings. The second-order valence-electron chi connectivity index (χ2n) is 5.79. The zero-order valence-corrected chi connectivity index (χ0v) is 17.6. The van der Waals surface area contributed by atoms with Crippen LogP contribution in [0.1, 0.15) is 10.6 Å². The summed E-state index contributed by atoms with van der Waals surface area (Å²) in [6.07, 6.45) is 0.545. The highest BCUT2D eigenvalue weighted by Crippen LogP contribution is 2.30. The Hall–Kier alpha value is -3.04. The fourth-order valence-electron chi connectivity index (χ4n) is 2.57. The molecular formula is C19H19ClN4O4S. The molecule has 3 aromatic rings. The van der Waals surface area contributed by atoms with Gasteiger partial charge >= 0.3 is 6.03 Å². The van der Waals surface area contributed by atoms with Crippen LogP contribution in [-0.4, -0.2) is 37.6 Å². The Labute approximate surface area is 176 Å². The van der Waals surface area contributed by atoms with Crippen LogP contribution in [0.2, 0.25) is 5.02 Å². The smallest absolute Gasteiger partial charge is 0.325 e. The molecule has 0 spiro atoms. The molecule has 2 amide bonds. The summed E-state index contributed by atoms with van der Waals surface area (Å²) in [5, 5.41) is 15.1. The van der Waals surface area contributed by atoms with Crippen LogP contribution in [0.5, 0.6) is 17.2 Å². The molecule has 2 aromatic carbocycles. The standard InChI is InChI=1S/C19H19ClN4O4S/c1-26-14-7-5-12(20)10-13(14)21-18(25)22-19-24-23-17(29-19)9-11-4-6-15(27-2)16(8-11)28-3/h4-8,10H,9H2,1-3H3,(H2,21,22,24,25). The van der Waals surface area contributed by atoms with Crippen molar-refractivity contribution in [3.8, 4) is 17.2 Å². The summed E-state index contributed by atoms with van der Waals surface area (Å²) in [5.41, 5.74) is 1.44. The molecule has 1 aromatic heterocycles. The average Bonchev–Trinajstić information content (AvgIpc) is 3.14. The fourth-order valence-corrected chi connectivity index (χ4v) is 3.51. The van der Waals surface area contributed by atoms with E-state index in [1.165, 1.54) is 18.4 Å². The predicted octanol–water partition coefficient (Wildman–Crippen LogP) is 4.45. The van der Waals surface area contributed by atoms with Gasteiger partial charge in [-0.25, -0.2) is 4.79 Å². The molecule has 0 saturated carbocycles. The highest BCUT2D eigenvalue weighted by atomic mass is 35.5. The Morgan fingerprint density at radius 2 is 1.69 bits per heavy atom. The maximum atomic E-state index is 12.3. The number of benzene rings is 2. The number of rotatable bonds is 7. The molecule has 152 valence electrons. The van der Waals surface area contributed by atoms with Gasteiger partial charge in [0.05, 0.1) is 27.0 Å². The molecule has 0 radical (unpaired) electrons. The van der Waals surface area contributed by atoms with Crippen LogP contribution in [0.4, 0.5) is 15.6 Å². The lowest BCUT2D eigenvalue weighted by Crippen LogP contribution is -2.19. The number of hydrogen-bond donors (Lipinski definition) is 2. The number of urea groups is 1. The average molecular weight is 435 g/mol. The first-order valence-electron chi connectivity index (χ1n) is 8.47. The number of nitrogens with one attached hydrogen (secondary N) is 2. The molecule has 0 fully saturated rings. The first kappa shape index (κ1) is 20.7. The quantitative estimate of drug-likeness (QED) is 0.570. The number of aromatic nitrogens is 2. The Bertz CT molecular complexity index is 1010. The summed E-state index contributed by atoms with van der Waals surface area (Å²) < 4.78 is 15.8. The molecule has 2 N–H and O–H groups in total. The van der Waals surface area contributed by atoms with Gasteiger partial charge in [-0.05, 0) is 35.9 Å². The summed E-state index contributed by atoms with van der Waals surface area (Å²) in [7, 11) is 4.68. The molecule has 0 aliphatic heterocycles. The second-order valence-corrected chi connectivity index (χ2v) is 7.29. The van der Waals surface area contributed by atoms with Crippen molar-refractivity contribution in [2.75, 3.05) is 32.0 Å². The van der Waals surface area contributed by atoms with E-state index < -0.39 is 6.03 Å². The van der Waals surface area contributed by atoms with E-state index in [1.54, 1.807) is 32.4 Å². The Balaban J connectivity index is 1.65. The van der Waals surface area contributed by atoms with Crippen LogP contribution >= 0.6 is 22.9 Å². The predicted molar refractivity (Wildman–Crippen MR) is 113 cm³/mol. The largest absolute Gasteiger partial charge is 0.495 e. The molecule has 0 bridgehead atoms. The molecule has 3 rings (SSSR count). The van der Waals surface area contributed by atoms with Gasteiger partial charge < -0.3 is 19.5 Å². The van der Waals surface area contributed by atoms with Crippen LogP contribution in [-0.2, 0) is 6.42 Å². The van der Waals surface area contributed by atoms with Crippen molar-refractivity contribution in [3.63, 3.8) is 0 Å². The van der Waals surface area contributed by atoms with Crippen molar-refractivity contribution < 1.29 is 19.0 Å². The van der Waals surface area contributed by atoms with Gasteiger partial charge in [0, 0.05) is 11.4 Å². The van der Waals surface area contributed by atoms with Crippen LogP contribution < -0.4 is 24.8 Å². The summed E-state index contributed by atoms with van der Waals surface area (Å²) in [6, 6.07) is 10.1. The molecule has 8 nitrogen and oxygen atoms in total. The third-order valence-corrected chi connectivity index (χ3v) is 4.97. The number of nitrogens with zero attached hydrogens (tertiary/aromatic N) is 2. The van der Waals surface area contributed by atoms with Gasteiger partial charge in [-0.3, -0.25) is 5.32 Å². The van der Waals surface area contributed by atoms with E-state index in [9.17, 15) is 4.79 Å². The van der Waals surface area contributed by atoms with Crippen molar-refractivity contribution in [2.45, 2.75) is 6.42 Å². The maximum Gasteiger partial charge on any atom is 0.325 e. The van der Waals surface area contributed by atoms with Crippen LogP contribution in [0.3, 0.4) is 0 Å². The number of methoxy groups -OCH3 is 3. The fraction of sp³-hybridized carbons (Fsp3) is 0.211. The molecule has 10 heteroatoms. The third-order valence-electron chi connectivity index (χ3n) is 3.90. The number of carbonyl (C=O) groups excluding carboxylic acids is 1. The van der Waals surface area contributed by atoms with E-state index in [0.29, 0.717) is 39.5 Å². The van der Waals surface area contributed by atoms with Gasteiger partial charge in [-0.15, -0.1) is 10.2 Å². The first-order valence-corrected chi connectivity index (χ1v) is 9.66. The van der Waals surface area contributed by atoms with Crippen LogP contribution in [0.25, 0.3) is 0 Å². The number of hydrogen-bond acceptors (Lipinski definition) is 7. The molecule has 0 aliphatic carbocycles. The molecule has 0 unspecified atom stereocenters. The lowest BCUT2D eigenvalue weighted by atomic mass is 10.1. The minimum Gasteiger partial charge on any atom is -0.495 e. The number of anilines is 2. The first-order chi connectivity index (χ1) is 14.0. The Morgan fingerprint density at radius 1 is 0.966 bits per heavy atom. The van der Waals surface area contributed by atoms with Gasteiger partial charge in [-0.2, -0.15) is 0 Å². The molecular weight excluding hydrogens is 416 g/mol. The third kappa shape index (κ3) is 5.27. The highest BCUT2D eigenvalue weighted by molar-refractivity contribution is 7.15. The van der Waals surface area contributed by atoms with Crippen molar-refractivity contribution in [1.29, 1.82) is 0 Å². The molecule has 0 atom stereocenters. The van der Waals surface area contributed by atoms with E-state index in [0.717, 1.165) is 10.6 Å². The number of carbonyl (C=O) groups is 1. The van der Waals surface area contributed by atoms with Gasteiger partial charge in [0.15, 0.2) is 11.5 Å². The van der Waals surface area contributed by atoms with Crippen molar-refractivity contribution in [3.05, 3.63) is 52.0 Å². The van der Waals surface area contributed by atoms with E-state index in [2.05, 4.69) is 20.8 Å². The van der Waals surface area contributed by atoms with Crippen LogP contribution in [0, 0.1) is 0 Å². The second kappa shape index (κ2) is 9.44. The van der Waals surface area contributed by atoms with Crippen molar-refractivity contribution in [1.82, 2.24) is 10.2 Å². The summed E-state index contributed by atoms with van der Waals surface area (Å²) >= 11 is 7.25.